The van der Waals surface area contributed by atoms with Crippen molar-refractivity contribution in [2.24, 2.45) is 5.92 Å². The number of ether oxygens (including phenoxy) is 1. The van der Waals surface area contributed by atoms with Crippen molar-refractivity contribution < 1.29 is 19.0 Å². The smallest absolute Gasteiger partial charge is 0.228 e. The van der Waals surface area contributed by atoms with E-state index in [0.29, 0.717) is 42.3 Å². The van der Waals surface area contributed by atoms with Crippen LogP contribution in [0.15, 0.2) is 24.8 Å². The average Bonchev–Trinajstić information content (AvgIpc) is 2.96. The van der Waals surface area contributed by atoms with E-state index in [0.717, 1.165) is 12.4 Å². The first-order valence-corrected chi connectivity index (χ1v) is 9.26. The molecule has 10 heteroatoms. The molecule has 9 nitrogen and oxygen atoms in total. The summed E-state index contributed by atoms with van der Waals surface area (Å²) in [4.78, 5) is 28.4. The largest absolute Gasteiger partial charge is 0.490 e. The number of amides is 1. The third kappa shape index (κ3) is 3.82. The minimum absolute atomic E-state index is 0.170. The normalized spacial score (nSPS) is 21.6. The van der Waals surface area contributed by atoms with Gasteiger partial charge >= 0.3 is 0 Å². The van der Waals surface area contributed by atoms with Gasteiger partial charge in [0.05, 0.1) is 37.5 Å². The Morgan fingerprint density at radius 2 is 2.07 bits per heavy atom. The number of rotatable bonds is 2. The number of piperidine rings is 1. The van der Waals surface area contributed by atoms with E-state index in [1.54, 1.807) is 16.0 Å². The Labute approximate surface area is 166 Å². The zero-order valence-corrected chi connectivity index (χ0v) is 15.5. The molecule has 2 aromatic rings. The van der Waals surface area contributed by atoms with Crippen molar-refractivity contribution in [3.8, 4) is 11.8 Å². The molecule has 2 aliphatic heterocycles. The van der Waals surface area contributed by atoms with Crippen LogP contribution in [0.4, 0.5) is 10.3 Å². The second-order valence-corrected chi connectivity index (χ2v) is 7.01. The molecule has 0 saturated carbocycles. The van der Waals surface area contributed by atoms with Crippen molar-refractivity contribution in [1.82, 2.24) is 19.9 Å². The number of hydrogen-bond donors (Lipinski definition) is 1. The lowest BCUT2D eigenvalue weighted by Crippen LogP contribution is -2.51. The highest BCUT2D eigenvalue weighted by atomic mass is 19.1. The van der Waals surface area contributed by atoms with Crippen LogP contribution in [0, 0.1) is 23.1 Å². The first-order valence-electron chi connectivity index (χ1n) is 9.26. The van der Waals surface area contributed by atoms with E-state index < -0.39 is 17.8 Å². The lowest BCUT2D eigenvalue weighted by molar-refractivity contribution is -0.140. The topological polar surface area (TPSA) is 115 Å². The zero-order valence-electron chi connectivity index (χ0n) is 15.5. The second-order valence-electron chi connectivity index (χ2n) is 7.01. The maximum absolute atomic E-state index is 13.1. The van der Waals surface area contributed by atoms with E-state index in [-0.39, 0.29) is 25.6 Å². The molecule has 1 amide bonds. The van der Waals surface area contributed by atoms with E-state index in [9.17, 15) is 19.6 Å². The van der Waals surface area contributed by atoms with Gasteiger partial charge in [-0.3, -0.25) is 9.78 Å². The third-order valence-corrected chi connectivity index (χ3v) is 5.16. The maximum atomic E-state index is 13.1. The van der Waals surface area contributed by atoms with Crippen molar-refractivity contribution >= 4 is 11.9 Å². The number of carbonyl (C=O) groups excluding carboxylic acids is 1. The number of β-amino-alcohol motifs (C(OH)–C–C–N with tert-alkyl or cyclic N) is 1. The number of carbonyl (C=O) groups is 1. The van der Waals surface area contributed by atoms with Crippen LogP contribution in [-0.2, 0) is 11.3 Å². The summed E-state index contributed by atoms with van der Waals surface area (Å²) in [6.45, 7) is 1.54. The van der Waals surface area contributed by atoms with Gasteiger partial charge in [0.25, 0.3) is 0 Å². The maximum Gasteiger partial charge on any atom is 0.228 e. The van der Waals surface area contributed by atoms with Crippen molar-refractivity contribution in [1.29, 1.82) is 5.26 Å². The molecule has 0 aromatic carbocycles. The Hall–Kier alpha value is -3.32. The van der Waals surface area contributed by atoms with Crippen LogP contribution >= 0.6 is 0 Å². The molecule has 0 radical (unpaired) electrons. The number of pyridine rings is 1. The summed E-state index contributed by atoms with van der Waals surface area (Å²) in [6.07, 6.45) is 4.69. The Morgan fingerprint density at radius 3 is 2.79 bits per heavy atom. The highest BCUT2D eigenvalue weighted by Gasteiger charge is 2.37. The summed E-state index contributed by atoms with van der Waals surface area (Å²) >= 11 is 0. The third-order valence-electron chi connectivity index (χ3n) is 5.16. The van der Waals surface area contributed by atoms with E-state index >= 15 is 0 Å². The standard InChI is InChI=1S/C19H19FN6O3/c20-14-8-23-19(24-9-14)26-2-1-15(16(27)11-26)18(28)25-3-4-29-17-12(5-21)6-22-7-13(17)10-25/h6-9,15-16,27H,1-4,10-11H2. The summed E-state index contributed by atoms with van der Waals surface area (Å²) in [5.74, 6) is -0.487. The molecule has 2 atom stereocenters. The van der Waals surface area contributed by atoms with Crippen LogP contribution in [0.25, 0.3) is 0 Å². The molecule has 2 unspecified atom stereocenters. The Kier molecular flexibility index (Phi) is 5.22. The van der Waals surface area contributed by atoms with Gasteiger partial charge in [-0.25, -0.2) is 14.4 Å². The van der Waals surface area contributed by atoms with Crippen LogP contribution in [0.2, 0.25) is 0 Å². The van der Waals surface area contributed by atoms with Crippen LogP contribution in [0.3, 0.4) is 0 Å². The van der Waals surface area contributed by atoms with Gasteiger partial charge in [0.1, 0.15) is 24.0 Å². The fourth-order valence-electron chi connectivity index (χ4n) is 3.69. The number of aromatic nitrogens is 3. The SMILES string of the molecule is N#Cc1cncc2c1OCCN(C(=O)C1CCN(c3ncc(F)cn3)CC1O)C2. The van der Waals surface area contributed by atoms with Crippen LogP contribution in [0.1, 0.15) is 17.5 Å². The minimum Gasteiger partial charge on any atom is -0.490 e. The molecule has 0 aliphatic carbocycles. The molecular formula is C19H19FN6O3. The van der Waals surface area contributed by atoms with Gasteiger partial charge in [-0.1, -0.05) is 0 Å². The molecule has 4 rings (SSSR count). The molecule has 150 valence electrons. The van der Waals surface area contributed by atoms with Crippen molar-refractivity contribution in [3.05, 3.63) is 41.7 Å². The summed E-state index contributed by atoms with van der Waals surface area (Å²) < 4.78 is 18.7. The van der Waals surface area contributed by atoms with Crippen LogP contribution in [-0.4, -0.2) is 63.2 Å². The molecule has 0 bridgehead atoms. The molecular weight excluding hydrogens is 379 g/mol. The Balaban J connectivity index is 1.46. The number of fused-ring (bicyclic) bond motifs is 1. The zero-order chi connectivity index (χ0) is 20.4. The first-order chi connectivity index (χ1) is 14.1. The highest BCUT2D eigenvalue weighted by molar-refractivity contribution is 5.80. The number of anilines is 1. The molecule has 29 heavy (non-hydrogen) atoms. The van der Waals surface area contributed by atoms with Crippen LogP contribution < -0.4 is 9.64 Å². The molecule has 1 saturated heterocycles. The van der Waals surface area contributed by atoms with E-state index in [1.165, 1.54) is 6.20 Å². The van der Waals surface area contributed by atoms with Gasteiger partial charge in [0, 0.05) is 31.0 Å². The molecule has 1 N–H and O–H groups in total. The molecule has 0 spiro atoms. The molecule has 2 aromatic heterocycles. The van der Waals surface area contributed by atoms with Crippen LogP contribution in [0.5, 0.6) is 5.75 Å². The first kappa shape index (κ1) is 19.0. The van der Waals surface area contributed by atoms with Crippen molar-refractivity contribution in [2.45, 2.75) is 19.1 Å². The van der Waals surface area contributed by atoms with Gasteiger partial charge in [-0.05, 0) is 6.42 Å². The molecule has 4 heterocycles. The number of halogens is 1. The summed E-state index contributed by atoms with van der Waals surface area (Å²) in [7, 11) is 0. The number of hydrogen-bond acceptors (Lipinski definition) is 8. The van der Waals surface area contributed by atoms with E-state index in [2.05, 4.69) is 15.0 Å². The number of aliphatic hydroxyl groups excluding tert-OH is 1. The lowest BCUT2D eigenvalue weighted by atomic mass is 9.92. The average molecular weight is 398 g/mol. The van der Waals surface area contributed by atoms with Gasteiger partial charge in [0.2, 0.25) is 11.9 Å². The van der Waals surface area contributed by atoms with E-state index in [4.69, 9.17) is 4.74 Å². The Bertz CT molecular complexity index is 948. The second kappa shape index (κ2) is 7.97. The van der Waals surface area contributed by atoms with Crippen molar-refractivity contribution in [2.75, 3.05) is 31.1 Å². The van der Waals surface area contributed by atoms with Gasteiger partial charge in [-0.2, -0.15) is 5.26 Å². The monoisotopic (exact) mass is 398 g/mol. The fraction of sp³-hybridized carbons (Fsp3) is 0.421. The highest BCUT2D eigenvalue weighted by Crippen LogP contribution is 2.28. The quantitative estimate of drug-likeness (QED) is 0.777. The lowest BCUT2D eigenvalue weighted by Gasteiger charge is -2.37. The van der Waals surface area contributed by atoms with Crippen molar-refractivity contribution in [3.63, 3.8) is 0 Å². The molecule has 2 aliphatic rings. The number of aliphatic hydroxyl groups is 1. The van der Waals surface area contributed by atoms with Gasteiger partial charge < -0.3 is 19.6 Å². The predicted molar refractivity (Wildman–Crippen MR) is 98.2 cm³/mol. The Morgan fingerprint density at radius 1 is 1.28 bits per heavy atom. The van der Waals surface area contributed by atoms with E-state index in [1.807, 2.05) is 6.07 Å². The summed E-state index contributed by atoms with van der Waals surface area (Å²) in [5, 5.41) is 19.8. The summed E-state index contributed by atoms with van der Waals surface area (Å²) in [6, 6.07) is 2.05. The predicted octanol–water partition coefficient (Wildman–Crippen LogP) is 0.491. The minimum atomic E-state index is -0.905. The summed E-state index contributed by atoms with van der Waals surface area (Å²) in [5.41, 5.74) is 1.01. The number of nitrogens with zero attached hydrogens (tertiary/aromatic N) is 6. The number of nitriles is 1. The van der Waals surface area contributed by atoms with Gasteiger partial charge in [0.15, 0.2) is 5.82 Å². The fourth-order valence-corrected chi connectivity index (χ4v) is 3.69. The molecule has 1 fully saturated rings. The van der Waals surface area contributed by atoms with Gasteiger partial charge in [-0.15, -0.1) is 0 Å².